The summed E-state index contributed by atoms with van der Waals surface area (Å²) in [5.41, 5.74) is 0.643. The van der Waals surface area contributed by atoms with Crippen LogP contribution in [0.4, 0.5) is 10.5 Å². The highest BCUT2D eigenvalue weighted by atomic mass is 32.2. The van der Waals surface area contributed by atoms with Crippen LogP contribution in [0.25, 0.3) is 0 Å². The van der Waals surface area contributed by atoms with E-state index in [2.05, 4.69) is 6.58 Å². The van der Waals surface area contributed by atoms with Gasteiger partial charge >= 0.3 is 0 Å². The molecule has 0 fully saturated rings. The van der Waals surface area contributed by atoms with E-state index in [1.807, 2.05) is 12.1 Å². The van der Waals surface area contributed by atoms with E-state index in [4.69, 9.17) is 0 Å². The van der Waals surface area contributed by atoms with Crippen molar-refractivity contribution in [1.82, 2.24) is 0 Å². The molecule has 4 heteroatoms. The molecule has 0 unspecified atom stereocenters. The quantitative estimate of drug-likeness (QED) is 0.575. The Hall–Kier alpha value is -1.42. The molecule has 0 saturated heterocycles. The van der Waals surface area contributed by atoms with Gasteiger partial charge in [-0.25, -0.2) is 0 Å². The first-order chi connectivity index (χ1) is 7.16. The molecular weight excluding hydrogens is 210 g/mol. The minimum Gasteiger partial charge on any atom is -0.530 e. The lowest BCUT2D eigenvalue weighted by Crippen LogP contribution is -2.38. The summed E-state index contributed by atoms with van der Waals surface area (Å²) in [6.07, 6.45) is 0.571. The van der Waals surface area contributed by atoms with Crippen molar-refractivity contribution in [3.05, 3.63) is 36.9 Å². The monoisotopic (exact) mass is 222 g/mol. The fourth-order valence-electron chi connectivity index (χ4n) is 1.10. The molecule has 80 valence electrons. The van der Waals surface area contributed by atoms with Gasteiger partial charge in [0.25, 0.3) is 0 Å². The van der Waals surface area contributed by atoms with Crippen LogP contribution in [0.2, 0.25) is 0 Å². The fourth-order valence-corrected chi connectivity index (χ4v) is 1.93. The second-order valence-electron chi connectivity index (χ2n) is 2.89. The third-order valence-electron chi connectivity index (χ3n) is 1.86. The van der Waals surface area contributed by atoms with Crippen molar-refractivity contribution in [2.24, 2.45) is 0 Å². The molecule has 15 heavy (non-hydrogen) atoms. The van der Waals surface area contributed by atoms with E-state index in [1.54, 1.807) is 30.0 Å². The van der Waals surface area contributed by atoms with Crippen molar-refractivity contribution in [1.29, 1.82) is 0 Å². The summed E-state index contributed by atoms with van der Waals surface area (Å²) >= 11 is 1.54. The van der Waals surface area contributed by atoms with Gasteiger partial charge in [0.1, 0.15) is 6.09 Å². The van der Waals surface area contributed by atoms with Gasteiger partial charge < -0.3 is 14.8 Å². The van der Waals surface area contributed by atoms with Crippen LogP contribution in [0.5, 0.6) is 0 Å². The van der Waals surface area contributed by atoms with E-state index in [0.29, 0.717) is 5.69 Å². The van der Waals surface area contributed by atoms with Crippen molar-refractivity contribution >= 4 is 23.5 Å². The van der Waals surface area contributed by atoms with Crippen molar-refractivity contribution in [2.75, 3.05) is 17.7 Å². The first-order valence-corrected chi connectivity index (χ1v) is 5.42. The maximum absolute atomic E-state index is 10.7. The number of hydrogen-bond acceptors (Lipinski definition) is 3. The van der Waals surface area contributed by atoms with Crippen LogP contribution in [-0.4, -0.2) is 18.9 Å². The summed E-state index contributed by atoms with van der Waals surface area (Å²) in [6.45, 7) is 3.62. The molecule has 0 aromatic heterocycles. The number of rotatable bonds is 4. The molecule has 0 aliphatic carbocycles. The number of benzene rings is 1. The van der Waals surface area contributed by atoms with Crippen molar-refractivity contribution in [3.8, 4) is 0 Å². The van der Waals surface area contributed by atoms with Crippen molar-refractivity contribution in [2.45, 2.75) is 4.90 Å². The molecule has 0 radical (unpaired) electrons. The molecule has 0 saturated carbocycles. The summed E-state index contributed by atoms with van der Waals surface area (Å²) in [6, 6.07) is 7.30. The molecule has 1 rings (SSSR count). The zero-order valence-electron chi connectivity index (χ0n) is 8.47. The normalized spacial score (nSPS) is 9.67. The van der Waals surface area contributed by atoms with Gasteiger partial charge in [-0.2, -0.15) is 0 Å². The predicted molar refractivity (Wildman–Crippen MR) is 61.2 cm³/mol. The van der Waals surface area contributed by atoms with Crippen LogP contribution in [0.15, 0.2) is 41.8 Å². The molecule has 0 spiro atoms. The molecule has 0 N–H and O–H groups in total. The summed E-state index contributed by atoms with van der Waals surface area (Å²) in [4.78, 5) is 12.7. The van der Waals surface area contributed by atoms with E-state index < -0.39 is 6.09 Å². The lowest BCUT2D eigenvalue weighted by molar-refractivity contribution is -0.246. The summed E-state index contributed by atoms with van der Waals surface area (Å²) < 4.78 is 0. The summed E-state index contributed by atoms with van der Waals surface area (Å²) in [5.74, 6) is 0.748. The molecule has 0 heterocycles. The zero-order valence-corrected chi connectivity index (χ0v) is 9.29. The van der Waals surface area contributed by atoms with Gasteiger partial charge in [-0.1, -0.05) is 18.2 Å². The smallest absolute Gasteiger partial charge is 0.141 e. The second kappa shape index (κ2) is 5.46. The predicted octanol–water partition coefficient (Wildman–Crippen LogP) is 1.74. The van der Waals surface area contributed by atoms with Gasteiger partial charge in [0, 0.05) is 17.7 Å². The Morgan fingerprint density at radius 2 is 2.27 bits per heavy atom. The average Bonchev–Trinajstić information content (AvgIpc) is 2.25. The number of carbonyl (C=O) groups is 1. The molecular formula is C11H12NO2S-. The van der Waals surface area contributed by atoms with Crippen LogP contribution in [-0.2, 0) is 0 Å². The Balaban J connectivity index is 2.94. The van der Waals surface area contributed by atoms with E-state index in [9.17, 15) is 9.90 Å². The molecule has 3 nitrogen and oxygen atoms in total. The number of nitrogens with zero attached hydrogens (tertiary/aromatic N) is 1. The summed E-state index contributed by atoms with van der Waals surface area (Å²) in [7, 11) is 1.47. The Bertz CT molecular complexity index is 365. The number of carbonyl (C=O) groups excluding carboxylic acids is 1. The van der Waals surface area contributed by atoms with E-state index in [1.165, 1.54) is 7.05 Å². The summed E-state index contributed by atoms with van der Waals surface area (Å²) in [5, 5.41) is 10.7. The number of para-hydroxylation sites is 1. The minimum atomic E-state index is -1.21. The van der Waals surface area contributed by atoms with Crippen LogP contribution in [0, 0.1) is 0 Å². The van der Waals surface area contributed by atoms with Crippen LogP contribution in [0.3, 0.4) is 0 Å². The Labute approximate surface area is 93.4 Å². The molecule has 1 aromatic rings. The van der Waals surface area contributed by atoms with Gasteiger partial charge in [-0.05, 0) is 12.1 Å². The highest BCUT2D eigenvalue weighted by Gasteiger charge is 2.06. The SMILES string of the molecule is C=CCSc1ccccc1N(C)C(=O)[O-]. The number of anilines is 1. The molecule has 0 aliphatic heterocycles. The van der Waals surface area contributed by atoms with Crippen LogP contribution < -0.4 is 10.0 Å². The first-order valence-electron chi connectivity index (χ1n) is 4.44. The van der Waals surface area contributed by atoms with E-state index in [0.717, 1.165) is 15.5 Å². The zero-order chi connectivity index (χ0) is 11.3. The number of carboxylic acid groups (broad SMARTS) is 1. The Kier molecular flexibility index (Phi) is 4.24. The highest BCUT2D eigenvalue weighted by Crippen LogP contribution is 2.29. The van der Waals surface area contributed by atoms with Gasteiger partial charge in [0.2, 0.25) is 0 Å². The van der Waals surface area contributed by atoms with Gasteiger partial charge in [-0.3, -0.25) is 0 Å². The third-order valence-corrected chi connectivity index (χ3v) is 2.92. The largest absolute Gasteiger partial charge is 0.530 e. The molecule has 0 bridgehead atoms. The lowest BCUT2D eigenvalue weighted by Gasteiger charge is -2.22. The maximum Gasteiger partial charge on any atom is 0.141 e. The standard InChI is InChI=1S/C11H13NO2S/c1-3-8-15-10-7-5-4-6-9(10)12(2)11(13)14/h3-7H,1,8H2,2H3,(H,13,14)/p-1. The number of hydrogen-bond donors (Lipinski definition) is 0. The maximum atomic E-state index is 10.7. The Morgan fingerprint density at radius 1 is 1.60 bits per heavy atom. The second-order valence-corrected chi connectivity index (χ2v) is 3.95. The third kappa shape index (κ3) is 3.02. The molecule has 0 aliphatic rings. The first kappa shape index (κ1) is 11.7. The van der Waals surface area contributed by atoms with Crippen molar-refractivity contribution in [3.63, 3.8) is 0 Å². The van der Waals surface area contributed by atoms with Gasteiger partial charge in [0.15, 0.2) is 0 Å². The van der Waals surface area contributed by atoms with E-state index >= 15 is 0 Å². The van der Waals surface area contributed by atoms with E-state index in [-0.39, 0.29) is 0 Å². The number of thioether (sulfide) groups is 1. The molecule has 1 aromatic carbocycles. The fraction of sp³-hybridized carbons (Fsp3) is 0.182. The topological polar surface area (TPSA) is 43.4 Å². The number of amides is 1. The van der Waals surface area contributed by atoms with Gasteiger partial charge in [0.05, 0.1) is 5.69 Å². The van der Waals surface area contributed by atoms with Crippen LogP contribution in [0.1, 0.15) is 0 Å². The molecule has 1 amide bonds. The van der Waals surface area contributed by atoms with Crippen LogP contribution >= 0.6 is 11.8 Å². The lowest BCUT2D eigenvalue weighted by atomic mass is 10.3. The average molecular weight is 222 g/mol. The Morgan fingerprint density at radius 3 is 2.87 bits per heavy atom. The minimum absolute atomic E-state index is 0.643. The van der Waals surface area contributed by atoms with Gasteiger partial charge in [-0.15, -0.1) is 18.3 Å². The van der Waals surface area contributed by atoms with Crippen molar-refractivity contribution < 1.29 is 9.90 Å². The molecule has 0 atom stereocenters. The highest BCUT2D eigenvalue weighted by molar-refractivity contribution is 7.99.